The average Bonchev–Trinajstić information content (AvgIpc) is 3.65. The predicted octanol–water partition coefficient (Wildman–Crippen LogP) is 11.4. The van der Waals surface area contributed by atoms with Crippen LogP contribution < -0.4 is 0 Å². The van der Waals surface area contributed by atoms with Crippen molar-refractivity contribution >= 4 is 85.8 Å². The number of hydrogen-bond donors (Lipinski definition) is 0. The standard InChI is InChI=1S/C41H25N3S/c1-24-18-20-26(21-19-24)37-32-23-22-25-10-2-3-11-27(25)38(32)43-41(42-37)44-33-16-8-6-14-30(33)35-28-12-4-5-13-29(28)36-31-15-7-9-17-34(31)45-40(36)39(35)44/h2-23H,1H3. The van der Waals surface area contributed by atoms with Gasteiger partial charge in [-0.2, -0.15) is 0 Å². The summed E-state index contributed by atoms with van der Waals surface area (Å²) in [7, 11) is 0. The number of rotatable bonds is 2. The second-order valence-electron chi connectivity index (χ2n) is 11.8. The van der Waals surface area contributed by atoms with Gasteiger partial charge in [-0.05, 0) is 41.3 Å². The van der Waals surface area contributed by atoms with Crippen LogP contribution in [-0.4, -0.2) is 14.5 Å². The van der Waals surface area contributed by atoms with E-state index in [1.54, 1.807) is 0 Å². The molecule has 3 nitrogen and oxygen atoms in total. The van der Waals surface area contributed by atoms with Crippen molar-refractivity contribution in [2.75, 3.05) is 0 Å². The monoisotopic (exact) mass is 591 g/mol. The Bertz CT molecular complexity index is 2820. The fourth-order valence-corrected chi connectivity index (χ4v) is 8.48. The van der Waals surface area contributed by atoms with E-state index in [1.807, 2.05) is 11.3 Å². The van der Waals surface area contributed by atoms with E-state index in [0.717, 1.165) is 33.1 Å². The molecule has 7 aromatic carbocycles. The van der Waals surface area contributed by atoms with E-state index in [4.69, 9.17) is 9.97 Å². The summed E-state index contributed by atoms with van der Waals surface area (Å²) in [5.74, 6) is 0.690. The van der Waals surface area contributed by atoms with Gasteiger partial charge in [0.1, 0.15) is 0 Å². The summed E-state index contributed by atoms with van der Waals surface area (Å²) in [4.78, 5) is 10.9. The second kappa shape index (κ2) is 9.21. The van der Waals surface area contributed by atoms with E-state index < -0.39 is 0 Å². The van der Waals surface area contributed by atoms with Crippen LogP contribution in [-0.2, 0) is 0 Å². The van der Waals surface area contributed by atoms with Gasteiger partial charge in [-0.3, -0.25) is 4.57 Å². The Balaban J connectivity index is 1.45. The highest BCUT2D eigenvalue weighted by Gasteiger charge is 2.23. The molecule has 0 aliphatic rings. The lowest BCUT2D eigenvalue weighted by Gasteiger charge is -2.14. The molecule has 0 saturated carbocycles. The van der Waals surface area contributed by atoms with Crippen molar-refractivity contribution in [3.8, 4) is 17.2 Å². The highest BCUT2D eigenvalue weighted by Crippen LogP contribution is 2.47. The van der Waals surface area contributed by atoms with Crippen molar-refractivity contribution in [3.63, 3.8) is 0 Å². The summed E-state index contributed by atoms with van der Waals surface area (Å²) < 4.78 is 4.88. The molecule has 0 aliphatic carbocycles. The summed E-state index contributed by atoms with van der Waals surface area (Å²) in [5.41, 5.74) is 6.50. The number of fused-ring (bicyclic) bond motifs is 13. The molecule has 0 radical (unpaired) electrons. The topological polar surface area (TPSA) is 30.7 Å². The summed E-state index contributed by atoms with van der Waals surface area (Å²) >= 11 is 1.86. The van der Waals surface area contributed by atoms with Crippen LogP contribution in [0.4, 0.5) is 0 Å². The van der Waals surface area contributed by atoms with Gasteiger partial charge in [0.15, 0.2) is 0 Å². The lowest BCUT2D eigenvalue weighted by atomic mass is 9.99. The molecule has 45 heavy (non-hydrogen) atoms. The quantitative estimate of drug-likeness (QED) is 0.187. The smallest absolute Gasteiger partial charge is 0.235 e. The maximum absolute atomic E-state index is 5.45. The van der Waals surface area contributed by atoms with Gasteiger partial charge in [0, 0.05) is 42.6 Å². The zero-order valence-electron chi connectivity index (χ0n) is 24.5. The molecule has 0 aliphatic heterocycles. The SMILES string of the molecule is Cc1ccc(-c2nc(-n3c4ccccc4c4c5ccccc5c5c6ccccc6sc5c43)nc3c2ccc2ccccc23)cc1. The van der Waals surface area contributed by atoms with Crippen molar-refractivity contribution in [2.45, 2.75) is 6.92 Å². The lowest BCUT2D eigenvalue weighted by molar-refractivity contribution is 1.02. The summed E-state index contributed by atoms with van der Waals surface area (Å²) in [6, 6.07) is 47.9. The number of para-hydroxylation sites is 1. The zero-order valence-corrected chi connectivity index (χ0v) is 25.3. The maximum atomic E-state index is 5.45. The Morgan fingerprint density at radius 3 is 2.02 bits per heavy atom. The Kier molecular flexibility index (Phi) is 5.08. The van der Waals surface area contributed by atoms with Gasteiger partial charge in [0.05, 0.1) is 26.9 Å². The van der Waals surface area contributed by atoms with Crippen molar-refractivity contribution in [1.29, 1.82) is 0 Å². The number of aryl methyl sites for hydroxylation is 1. The van der Waals surface area contributed by atoms with Crippen LogP contribution in [0.1, 0.15) is 5.56 Å². The molecule has 0 bridgehead atoms. The van der Waals surface area contributed by atoms with E-state index >= 15 is 0 Å². The van der Waals surface area contributed by atoms with Gasteiger partial charge in [-0.1, -0.05) is 121 Å². The zero-order chi connectivity index (χ0) is 29.6. The van der Waals surface area contributed by atoms with Crippen LogP contribution >= 0.6 is 11.3 Å². The molecule has 10 rings (SSSR count). The molecule has 0 fully saturated rings. The van der Waals surface area contributed by atoms with E-state index in [-0.39, 0.29) is 0 Å². The molecular formula is C41H25N3S. The van der Waals surface area contributed by atoms with E-state index in [9.17, 15) is 0 Å². The number of aromatic nitrogens is 3. The molecule has 4 heteroatoms. The van der Waals surface area contributed by atoms with E-state index in [2.05, 4.69) is 145 Å². The van der Waals surface area contributed by atoms with Crippen LogP contribution in [0.3, 0.4) is 0 Å². The van der Waals surface area contributed by atoms with Crippen LogP contribution in [0, 0.1) is 6.92 Å². The van der Waals surface area contributed by atoms with E-state index in [0.29, 0.717) is 5.95 Å². The largest absolute Gasteiger partial charge is 0.276 e. The normalized spacial score (nSPS) is 12.1. The Morgan fingerprint density at radius 1 is 0.533 bits per heavy atom. The molecule has 3 aromatic heterocycles. The van der Waals surface area contributed by atoms with Gasteiger partial charge in [-0.15, -0.1) is 11.3 Å². The van der Waals surface area contributed by atoms with Gasteiger partial charge < -0.3 is 0 Å². The summed E-state index contributed by atoms with van der Waals surface area (Å²) in [6.07, 6.45) is 0. The molecule has 0 spiro atoms. The molecule has 10 aromatic rings. The molecular weight excluding hydrogens is 567 g/mol. The van der Waals surface area contributed by atoms with Gasteiger partial charge in [0.2, 0.25) is 5.95 Å². The van der Waals surface area contributed by atoms with Gasteiger partial charge >= 0.3 is 0 Å². The maximum Gasteiger partial charge on any atom is 0.235 e. The Morgan fingerprint density at radius 2 is 1.20 bits per heavy atom. The highest BCUT2D eigenvalue weighted by molar-refractivity contribution is 7.27. The molecule has 0 atom stereocenters. The molecule has 0 unspecified atom stereocenters. The number of benzene rings is 7. The molecule has 0 saturated heterocycles. The lowest BCUT2D eigenvalue weighted by Crippen LogP contribution is -2.04. The van der Waals surface area contributed by atoms with Gasteiger partial charge in [-0.25, -0.2) is 9.97 Å². The molecule has 3 heterocycles. The number of thiophene rings is 1. The fraction of sp³-hybridized carbons (Fsp3) is 0.0244. The molecule has 0 N–H and O–H groups in total. The first-order valence-corrected chi connectivity index (χ1v) is 16.1. The second-order valence-corrected chi connectivity index (χ2v) is 12.9. The molecule has 0 amide bonds. The minimum Gasteiger partial charge on any atom is -0.276 e. The first-order chi connectivity index (χ1) is 22.2. The fourth-order valence-electron chi connectivity index (χ4n) is 7.22. The highest BCUT2D eigenvalue weighted by atomic mass is 32.1. The van der Waals surface area contributed by atoms with Crippen molar-refractivity contribution in [1.82, 2.24) is 14.5 Å². The third kappa shape index (κ3) is 3.46. The Hall–Kier alpha value is -5.58. The average molecular weight is 592 g/mol. The van der Waals surface area contributed by atoms with E-state index in [1.165, 1.54) is 58.2 Å². The van der Waals surface area contributed by atoms with Crippen LogP contribution in [0.15, 0.2) is 133 Å². The first kappa shape index (κ1) is 24.8. The van der Waals surface area contributed by atoms with Crippen molar-refractivity contribution in [3.05, 3.63) is 139 Å². The van der Waals surface area contributed by atoms with Crippen LogP contribution in [0.2, 0.25) is 0 Å². The number of nitrogens with zero attached hydrogens (tertiary/aromatic N) is 3. The first-order valence-electron chi connectivity index (χ1n) is 15.3. The minimum atomic E-state index is 0.690. The third-order valence-corrected chi connectivity index (χ3v) is 10.4. The van der Waals surface area contributed by atoms with Crippen LogP contribution in [0.5, 0.6) is 0 Å². The Labute approximate surface area is 262 Å². The minimum absolute atomic E-state index is 0.690. The van der Waals surface area contributed by atoms with Crippen molar-refractivity contribution < 1.29 is 0 Å². The number of hydrogen-bond acceptors (Lipinski definition) is 3. The summed E-state index contributed by atoms with van der Waals surface area (Å²) in [6.45, 7) is 2.12. The molecule has 210 valence electrons. The van der Waals surface area contributed by atoms with Crippen molar-refractivity contribution in [2.24, 2.45) is 0 Å². The predicted molar refractivity (Wildman–Crippen MR) is 192 cm³/mol. The van der Waals surface area contributed by atoms with Crippen LogP contribution in [0.25, 0.3) is 91.6 Å². The third-order valence-electron chi connectivity index (χ3n) is 9.26. The summed E-state index contributed by atoms with van der Waals surface area (Å²) in [5, 5.41) is 10.9. The van der Waals surface area contributed by atoms with Gasteiger partial charge in [0.25, 0.3) is 0 Å².